The van der Waals surface area contributed by atoms with E-state index in [1.807, 2.05) is 23.9 Å². The lowest BCUT2D eigenvalue weighted by atomic mass is 9.95. The zero-order valence-electron chi connectivity index (χ0n) is 13.3. The van der Waals surface area contributed by atoms with Crippen LogP contribution in [0.15, 0.2) is 0 Å². The molecule has 0 aliphatic carbocycles. The summed E-state index contributed by atoms with van der Waals surface area (Å²) < 4.78 is 0. The van der Waals surface area contributed by atoms with Gasteiger partial charge in [0.1, 0.15) is 0 Å². The molecule has 0 saturated carbocycles. The summed E-state index contributed by atoms with van der Waals surface area (Å²) in [6.45, 7) is 4.44. The number of likely N-dealkylation sites (tertiary alicyclic amines) is 2. The summed E-state index contributed by atoms with van der Waals surface area (Å²) in [6, 6.07) is 0. The van der Waals surface area contributed by atoms with Gasteiger partial charge in [0.15, 0.2) is 0 Å². The zero-order chi connectivity index (χ0) is 15.4. The monoisotopic (exact) mass is 296 g/mol. The number of likely N-dealkylation sites (N-methyl/N-ethyl adjacent to an activating group) is 1. The van der Waals surface area contributed by atoms with Gasteiger partial charge in [0.2, 0.25) is 11.8 Å². The van der Waals surface area contributed by atoms with Crippen molar-refractivity contribution in [3.63, 3.8) is 0 Å². The number of carbonyl (C=O) groups excluding carboxylic acids is 2. The molecule has 2 N–H and O–H groups in total. The molecule has 2 saturated heterocycles. The zero-order valence-corrected chi connectivity index (χ0v) is 13.3. The molecule has 2 amide bonds. The van der Waals surface area contributed by atoms with E-state index in [0.717, 1.165) is 32.5 Å². The highest BCUT2D eigenvalue weighted by Gasteiger charge is 2.37. The van der Waals surface area contributed by atoms with E-state index in [9.17, 15) is 9.59 Å². The third-order valence-corrected chi connectivity index (χ3v) is 4.64. The van der Waals surface area contributed by atoms with E-state index >= 15 is 0 Å². The predicted molar refractivity (Wildman–Crippen MR) is 81.6 cm³/mol. The molecule has 0 bridgehead atoms. The summed E-state index contributed by atoms with van der Waals surface area (Å²) >= 11 is 0. The van der Waals surface area contributed by atoms with E-state index in [1.165, 1.54) is 0 Å². The summed E-state index contributed by atoms with van der Waals surface area (Å²) in [5, 5.41) is 0. The van der Waals surface area contributed by atoms with Crippen molar-refractivity contribution in [2.45, 2.75) is 19.3 Å². The number of nitrogens with two attached hydrogens (primary N) is 1. The molecule has 6 nitrogen and oxygen atoms in total. The minimum Gasteiger partial charge on any atom is -0.342 e. The van der Waals surface area contributed by atoms with E-state index in [4.69, 9.17) is 5.73 Å². The Bertz CT molecular complexity index is 378. The largest absolute Gasteiger partial charge is 0.342 e. The molecular formula is C15H28N4O2. The molecule has 2 heterocycles. The smallest absolute Gasteiger partial charge is 0.227 e. The van der Waals surface area contributed by atoms with Crippen molar-refractivity contribution in [2.24, 2.45) is 17.6 Å². The van der Waals surface area contributed by atoms with E-state index < -0.39 is 0 Å². The molecule has 2 rings (SSSR count). The van der Waals surface area contributed by atoms with Crippen LogP contribution in [0.25, 0.3) is 0 Å². The van der Waals surface area contributed by atoms with Gasteiger partial charge in [-0.25, -0.2) is 0 Å². The summed E-state index contributed by atoms with van der Waals surface area (Å²) in [5.74, 6) is 0.683. The van der Waals surface area contributed by atoms with E-state index in [0.29, 0.717) is 32.0 Å². The Morgan fingerprint density at radius 1 is 1.33 bits per heavy atom. The minimum atomic E-state index is -0.144. The molecule has 6 heteroatoms. The first kappa shape index (κ1) is 16.2. The Kier molecular flexibility index (Phi) is 5.58. The van der Waals surface area contributed by atoms with Crippen LogP contribution in [0.2, 0.25) is 0 Å². The summed E-state index contributed by atoms with van der Waals surface area (Å²) in [7, 11) is 3.98. The van der Waals surface area contributed by atoms with Crippen LogP contribution in [0.3, 0.4) is 0 Å². The molecule has 2 aliphatic rings. The standard InChI is InChI=1S/C15H28N4O2/c1-17(2)7-8-19-11-13(9-14(19)20)15(21)18-5-3-12(10-16)4-6-18/h12-13H,3-11,16H2,1-2H3. The molecule has 120 valence electrons. The molecular weight excluding hydrogens is 268 g/mol. The molecule has 1 atom stereocenters. The Morgan fingerprint density at radius 2 is 2.00 bits per heavy atom. The maximum Gasteiger partial charge on any atom is 0.227 e. The Morgan fingerprint density at radius 3 is 2.57 bits per heavy atom. The van der Waals surface area contributed by atoms with Gasteiger partial charge in [0, 0.05) is 39.1 Å². The van der Waals surface area contributed by atoms with E-state index in [-0.39, 0.29) is 17.7 Å². The number of amides is 2. The Labute approximate surface area is 127 Å². The van der Waals surface area contributed by atoms with Crippen LogP contribution in [0.1, 0.15) is 19.3 Å². The van der Waals surface area contributed by atoms with Crippen molar-refractivity contribution in [1.82, 2.24) is 14.7 Å². The van der Waals surface area contributed by atoms with Gasteiger partial charge in [-0.3, -0.25) is 9.59 Å². The van der Waals surface area contributed by atoms with Crippen molar-refractivity contribution < 1.29 is 9.59 Å². The molecule has 0 spiro atoms. The van der Waals surface area contributed by atoms with Crippen molar-refractivity contribution in [2.75, 3.05) is 53.4 Å². The molecule has 0 radical (unpaired) electrons. The first-order valence-electron chi connectivity index (χ1n) is 7.92. The number of piperidine rings is 1. The van der Waals surface area contributed by atoms with Gasteiger partial charge >= 0.3 is 0 Å². The topological polar surface area (TPSA) is 69.9 Å². The maximum absolute atomic E-state index is 12.5. The summed E-state index contributed by atoms with van der Waals surface area (Å²) in [6.07, 6.45) is 2.36. The minimum absolute atomic E-state index is 0.118. The highest BCUT2D eigenvalue weighted by atomic mass is 16.2. The summed E-state index contributed by atoms with van der Waals surface area (Å²) in [4.78, 5) is 30.3. The third-order valence-electron chi connectivity index (χ3n) is 4.64. The normalized spacial score (nSPS) is 24.2. The molecule has 2 aliphatic heterocycles. The second-order valence-electron chi connectivity index (χ2n) is 6.55. The number of nitrogens with zero attached hydrogens (tertiary/aromatic N) is 3. The Balaban J connectivity index is 1.82. The highest BCUT2D eigenvalue weighted by molar-refractivity contribution is 5.89. The first-order valence-corrected chi connectivity index (χ1v) is 7.92. The second-order valence-corrected chi connectivity index (χ2v) is 6.55. The van der Waals surface area contributed by atoms with Gasteiger partial charge in [0.25, 0.3) is 0 Å². The van der Waals surface area contributed by atoms with Crippen molar-refractivity contribution in [3.8, 4) is 0 Å². The summed E-state index contributed by atoms with van der Waals surface area (Å²) in [5.41, 5.74) is 5.68. The fraction of sp³-hybridized carbons (Fsp3) is 0.867. The fourth-order valence-corrected chi connectivity index (χ4v) is 3.12. The average Bonchev–Trinajstić information content (AvgIpc) is 2.85. The van der Waals surface area contributed by atoms with E-state index in [1.54, 1.807) is 0 Å². The fourth-order valence-electron chi connectivity index (χ4n) is 3.12. The highest BCUT2D eigenvalue weighted by Crippen LogP contribution is 2.23. The third kappa shape index (κ3) is 4.17. The maximum atomic E-state index is 12.5. The van der Waals surface area contributed by atoms with Crippen molar-refractivity contribution in [1.29, 1.82) is 0 Å². The van der Waals surface area contributed by atoms with Crippen LogP contribution in [0.5, 0.6) is 0 Å². The van der Waals surface area contributed by atoms with E-state index in [2.05, 4.69) is 4.90 Å². The molecule has 1 unspecified atom stereocenters. The van der Waals surface area contributed by atoms with Crippen LogP contribution < -0.4 is 5.73 Å². The molecule has 0 aromatic carbocycles. The molecule has 0 aromatic rings. The molecule has 21 heavy (non-hydrogen) atoms. The van der Waals surface area contributed by atoms with Gasteiger partial charge in [0.05, 0.1) is 5.92 Å². The number of rotatable bonds is 5. The van der Waals surface area contributed by atoms with Gasteiger partial charge in [-0.05, 0) is 39.4 Å². The van der Waals surface area contributed by atoms with Crippen molar-refractivity contribution in [3.05, 3.63) is 0 Å². The SMILES string of the molecule is CN(C)CCN1CC(C(=O)N2CCC(CN)CC2)CC1=O. The average molecular weight is 296 g/mol. The lowest BCUT2D eigenvalue weighted by Gasteiger charge is -2.33. The van der Waals surface area contributed by atoms with Gasteiger partial charge < -0.3 is 20.4 Å². The van der Waals surface area contributed by atoms with Crippen LogP contribution in [-0.4, -0.2) is 79.9 Å². The lowest BCUT2D eigenvalue weighted by molar-refractivity contribution is -0.137. The second kappa shape index (κ2) is 7.22. The number of carbonyl (C=O) groups is 2. The predicted octanol–water partition coefficient (Wildman–Crippen LogP) is -0.406. The quantitative estimate of drug-likeness (QED) is 0.749. The van der Waals surface area contributed by atoms with Crippen LogP contribution in [-0.2, 0) is 9.59 Å². The van der Waals surface area contributed by atoms with Crippen molar-refractivity contribution >= 4 is 11.8 Å². The van der Waals surface area contributed by atoms with Crippen LogP contribution in [0, 0.1) is 11.8 Å². The van der Waals surface area contributed by atoms with Gasteiger partial charge in [-0.1, -0.05) is 0 Å². The molecule has 0 aromatic heterocycles. The van der Waals surface area contributed by atoms with Crippen LogP contribution in [0.4, 0.5) is 0 Å². The van der Waals surface area contributed by atoms with Crippen LogP contribution >= 0.6 is 0 Å². The van der Waals surface area contributed by atoms with Gasteiger partial charge in [-0.15, -0.1) is 0 Å². The lowest BCUT2D eigenvalue weighted by Crippen LogP contribution is -2.43. The molecule has 2 fully saturated rings. The number of hydrogen-bond acceptors (Lipinski definition) is 4. The Hall–Kier alpha value is -1.14. The number of hydrogen-bond donors (Lipinski definition) is 1. The van der Waals surface area contributed by atoms with Gasteiger partial charge in [-0.2, -0.15) is 0 Å². The first-order chi connectivity index (χ1) is 10.0.